The van der Waals surface area contributed by atoms with Crippen molar-refractivity contribution in [3.05, 3.63) is 48.7 Å². The minimum absolute atomic E-state index is 0.495. The number of rotatable bonds is 6. The molecule has 11 heteroatoms. The molecule has 2 aromatic carbocycles. The van der Waals surface area contributed by atoms with Gasteiger partial charge in [-0.2, -0.15) is 10.3 Å². The summed E-state index contributed by atoms with van der Waals surface area (Å²) in [4.78, 5) is 9.37. The number of nitrogens with one attached hydrogen (secondary N) is 3. The van der Waals surface area contributed by atoms with Crippen LogP contribution in [0.2, 0.25) is 0 Å². The van der Waals surface area contributed by atoms with Gasteiger partial charge in [-0.25, -0.2) is 9.97 Å². The van der Waals surface area contributed by atoms with Crippen LogP contribution in [0.25, 0.3) is 33.8 Å². The summed E-state index contributed by atoms with van der Waals surface area (Å²) in [7, 11) is 3.19. The van der Waals surface area contributed by atoms with Crippen LogP contribution in [0.15, 0.2) is 48.7 Å². The predicted octanol–water partition coefficient (Wildman–Crippen LogP) is 2.96. The van der Waals surface area contributed by atoms with Gasteiger partial charge in [0, 0.05) is 22.9 Å². The first-order valence-corrected chi connectivity index (χ1v) is 9.29. The minimum Gasteiger partial charge on any atom is -0.493 e. The van der Waals surface area contributed by atoms with E-state index in [1.165, 1.54) is 0 Å². The summed E-state index contributed by atoms with van der Waals surface area (Å²) in [6, 6.07) is 13.2. The Labute approximate surface area is 175 Å². The zero-order chi connectivity index (χ0) is 21.2. The Morgan fingerprint density at radius 1 is 0.903 bits per heavy atom. The maximum Gasteiger partial charge on any atom is 0.204 e. The Balaban J connectivity index is 1.56. The quantitative estimate of drug-likeness (QED) is 0.382. The number of H-pyrrole nitrogens is 2. The number of aromatic nitrogens is 8. The highest BCUT2D eigenvalue weighted by atomic mass is 16.5. The highest BCUT2D eigenvalue weighted by Gasteiger charge is 2.14. The van der Waals surface area contributed by atoms with Crippen LogP contribution < -0.4 is 14.8 Å². The van der Waals surface area contributed by atoms with Gasteiger partial charge in [0.1, 0.15) is 11.0 Å². The van der Waals surface area contributed by atoms with Gasteiger partial charge in [0.15, 0.2) is 23.1 Å². The van der Waals surface area contributed by atoms with Gasteiger partial charge >= 0.3 is 0 Å². The molecule has 0 unspecified atom stereocenters. The maximum atomic E-state index is 5.39. The molecule has 0 amide bonds. The molecule has 3 aromatic heterocycles. The van der Waals surface area contributed by atoms with Crippen molar-refractivity contribution >= 4 is 22.5 Å². The third-order valence-corrected chi connectivity index (χ3v) is 4.67. The van der Waals surface area contributed by atoms with Gasteiger partial charge in [-0.15, -0.1) is 10.2 Å². The van der Waals surface area contributed by atoms with Crippen LogP contribution in [0.5, 0.6) is 11.5 Å². The number of methoxy groups -OCH3 is 2. The standard InChI is InChI=1S/C20H17N9O2/c1-30-15-7-6-13(9-16(15)31-2)22-20-17-14(10-21-25-17)23-18(24-20)11-4-3-5-12(8-11)19-26-28-29-27-19/h3-10H,1-2H3,(H,21,25)(H,22,23,24)(H,26,27,28,29). The summed E-state index contributed by atoms with van der Waals surface area (Å²) in [5.41, 5.74) is 3.75. The number of aromatic amines is 2. The second kappa shape index (κ2) is 7.71. The van der Waals surface area contributed by atoms with Crippen molar-refractivity contribution < 1.29 is 9.47 Å². The summed E-state index contributed by atoms with van der Waals surface area (Å²) in [5, 5.41) is 24.5. The first kappa shape index (κ1) is 18.5. The average Bonchev–Trinajstić information content (AvgIpc) is 3.51. The van der Waals surface area contributed by atoms with Crippen molar-refractivity contribution in [1.82, 2.24) is 40.8 Å². The third kappa shape index (κ3) is 3.48. The zero-order valence-corrected chi connectivity index (χ0v) is 16.6. The highest BCUT2D eigenvalue weighted by Crippen LogP contribution is 2.32. The van der Waals surface area contributed by atoms with Crippen LogP contribution in [-0.4, -0.2) is 55.0 Å². The van der Waals surface area contributed by atoms with E-state index in [9.17, 15) is 0 Å². The van der Waals surface area contributed by atoms with Crippen molar-refractivity contribution in [1.29, 1.82) is 0 Å². The van der Waals surface area contributed by atoms with E-state index in [0.29, 0.717) is 40.0 Å². The lowest BCUT2D eigenvalue weighted by Gasteiger charge is -2.12. The van der Waals surface area contributed by atoms with E-state index in [-0.39, 0.29) is 0 Å². The molecule has 0 spiro atoms. The molecule has 0 aliphatic heterocycles. The molecule has 31 heavy (non-hydrogen) atoms. The monoisotopic (exact) mass is 415 g/mol. The normalized spacial score (nSPS) is 10.9. The molecule has 0 saturated carbocycles. The van der Waals surface area contributed by atoms with E-state index in [1.54, 1.807) is 20.4 Å². The summed E-state index contributed by atoms with van der Waals surface area (Å²) >= 11 is 0. The van der Waals surface area contributed by atoms with Gasteiger partial charge in [0.25, 0.3) is 0 Å². The summed E-state index contributed by atoms with van der Waals surface area (Å²) in [6.07, 6.45) is 1.66. The van der Waals surface area contributed by atoms with Gasteiger partial charge in [-0.1, -0.05) is 18.2 Å². The molecule has 0 aliphatic carbocycles. The van der Waals surface area contributed by atoms with Crippen LogP contribution in [-0.2, 0) is 0 Å². The Morgan fingerprint density at radius 2 is 1.74 bits per heavy atom. The molecule has 0 aliphatic rings. The molecular formula is C20H17N9O2. The molecule has 0 saturated heterocycles. The largest absolute Gasteiger partial charge is 0.493 e. The number of nitrogens with zero attached hydrogens (tertiary/aromatic N) is 6. The lowest BCUT2D eigenvalue weighted by molar-refractivity contribution is 0.355. The Hall–Kier alpha value is -4.54. The molecule has 0 atom stereocenters. The van der Waals surface area contributed by atoms with E-state index in [4.69, 9.17) is 14.5 Å². The molecule has 154 valence electrons. The molecule has 3 N–H and O–H groups in total. The molecular weight excluding hydrogens is 398 g/mol. The van der Waals surface area contributed by atoms with Crippen molar-refractivity contribution in [3.8, 4) is 34.3 Å². The second-order valence-electron chi connectivity index (χ2n) is 6.54. The van der Waals surface area contributed by atoms with Gasteiger partial charge in [-0.3, -0.25) is 5.10 Å². The number of benzene rings is 2. The smallest absolute Gasteiger partial charge is 0.204 e. The van der Waals surface area contributed by atoms with Crippen LogP contribution in [0.3, 0.4) is 0 Å². The Morgan fingerprint density at radius 3 is 2.52 bits per heavy atom. The van der Waals surface area contributed by atoms with Gasteiger partial charge < -0.3 is 14.8 Å². The molecule has 0 bridgehead atoms. The number of tetrazole rings is 1. The second-order valence-corrected chi connectivity index (χ2v) is 6.54. The number of hydrogen-bond acceptors (Lipinski definition) is 9. The average molecular weight is 415 g/mol. The van der Waals surface area contributed by atoms with Gasteiger partial charge in [0.05, 0.1) is 20.4 Å². The Bertz CT molecular complexity index is 1350. The molecule has 0 fully saturated rings. The molecule has 11 nitrogen and oxygen atoms in total. The van der Waals surface area contributed by atoms with Crippen LogP contribution in [0.4, 0.5) is 11.5 Å². The number of hydrogen-bond donors (Lipinski definition) is 3. The number of anilines is 2. The number of fused-ring (bicyclic) bond motifs is 1. The van der Waals surface area contributed by atoms with Crippen molar-refractivity contribution in [2.75, 3.05) is 19.5 Å². The number of ether oxygens (including phenoxy) is 2. The van der Waals surface area contributed by atoms with Gasteiger partial charge in [-0.05, 0) is 23.4 Å². The molecule has 3 heterocycles. The van der Waals surface area contributed by atoms with Crippen LogP contribution in [0, 0.1) is 0 Å². The van der Waals surface area contributed by atoms with Crippen molar-refractivity contribution in [2.24, 2.45) is 0 Å². The molecule has 5 aromatic rings. The third-order valence-electron chi connectivity index (χ3n) is 4.67. The fraction of sp³-hybridized carbons (Fsp3) is 0.100. The first-order valence-electron chi connectivity index (χ1n) is 9.29. The minimum atomic E-state index is 0.495. The first-order chi connectivity index (χ1) is 15.2. The summed E-state index contributed by atoms with van der Waals surface area (Å²) in [6.45, 7) is 0. The fourth-order valence-corrected chi connectivity index (χ4v) is 3.19. The SMILES string of the molecule is COc1ccc(Nc2nc(-c3cccc(-c4nn[nH]n4)c3)nc3cn[nH]c23)cc1OC. The van der Waals surface area contributed by atoms with E-state index < -0.39 is 0 Å². The van der Waals surface area contributed by atoms with Crippen LogP contribution in [0.1, 0.15) is 0 Å². The topological polar surface area (TPSA) is 139 Å². The summed E-state index contributed by atoms with van der Waals surface area (Å²) in [5.74, 6) is 2.85. The summed E-state index contributed by atoms with van der Waals surface area (Å²) < 4.78 is 10.7. The van der Waals surface area contributed by atoms with E-state index in [2.05, 4.69) is 41.1 Å². The predicted molar refractivity (Wildman–Crippen MR) is 113 cm³/mol. The van der Waals surface area contributed by atoms with E-state index >= 15 is 0 Å². The van der Waals surface area contributed by atoms with Gasteiger partial charge in [0.2, 0.25) is 5.82 Å². The lowest BCUT2D eigenvalue weighted by atomic mass is 10.1. The molecule has 0 radical (unpaired) electrons. The van der Waals surface area contributed by atoms with Crippen molar-refractivity contribution in [2.45, 2.75) is 0 Å². The fourth-order valence-electron chi connectivity index (χ4n) is 3.19. The van der Waals surface area contributed by atoms with E-state index in [1.807, 2.05) is 42.5 Å². The van der Waals surface area contributed by atoms with E-state index in [0.717, 1.165) is 16.8 Å². The maximum absolute atomic E-state index is 5.39. The zero-order valence-electron chi connectivity index (χ0n) is 16.6. The highest BCUT2D eigenvalue weighted by molar-refractivity contribution is 5.88. The van der Waals surface area contributed by atoms with Crippen LogP contribution >= 0.6 is 0 Å². The van der Waals surface area contributed by atoms with Crippen molar-refractivity contribution in [3.63, 3.8) is 0 Å². The lowest BCUT2D eigenvalue weighted by Crippen LogP contribution is -2.00. The Kier molecular flexibility index (Phi) is 4.60. The molecule has 5 rings (SSSR count).